The van der Waals surface area contributed by atoms with Crippen LogP contribution in [0.3, 0.4) is 0 Å². The lowest BCUT2D eigenvalue weighted by molar-refractivity contribution is -0.126. The lowest BCUT2D eigenvalue weighted by atomic mass is 10.0. The largest absolute Gasteiger partial charge is 0.383 e. The second-order valence-electron chi connectivity index (χ2n) is 4.84. The monoisotopic (exact) mass is 233 g/mol. The molecule has 0 radical (unpaired) electrons. The molecule has 1 aromatic rings. The van der Waals surface area contributed by atoms with Crippen LogP contribution >= 0.6 is 0 Å². The molecule has 1 unspecified atom stereocenters. The predicted molar refractivity (Wildman–Crippen MR) is 67.8 cm³/mol. The number of nitrogens with one attached hydrogen (secondary N) is 1. The van der Waals surface area contributed by atoms with Gasteiger partial charge in [-0.05, 0) is 37.8 Å². The Kier molecular flexibility index (Phi) is 3.79. The Morgan fingerprint density at radius 3 is 2.47 bits per heavy atom. The number of hydrogen-bond acceptors (Lipinski definition) is 2. The first-order chi connectivity index (χ1) is 8.16. The van der Waals surface area contributed by atoms with E-state index in [1.165, 1.54) is 0 Å². The van der Waals surface area contributed by atoms with Gasteiger partial charge in [-0.2, -0.15) is 0 Å². The van der Waals surface area contributed by atoms with Crippen LogP contribution in [0.4, 0.5) is 5.69 Å². The number of rotatable bonds is 3. The topological polar surface area (TPSA) is 49.3 Å². The zero-order valence-electron chi connectivity index (χ0n) is 10.1. The molecule has 0 spiro atoms. The van der Waals surface area contributed by atoms with Crippen molar-refractivity contribution in [1.82, 2.24) is 0 Å². The minimum atomic E-state index is -0.862. The third-order valence-electron chi connectivity index (χ3n) is 3.43. The maximum atomic E-state index is 11.8. The van der Waals surface area contributed by atoms with Gasteiger partial charge < -0.3 is 10.4 Å². The number of carbonyl (C=O) groups is 1. The molecule has 3 nitrogen and oxygen atoms in total. The highest BCUT2D eigenvalue weighted by Crippen LogP contribution is 2.28. The van der Waals surface area contributed by atoms with Crippen LogP contribution in [0.25, 0.3) is 0 Å². The SMILES string of the molecule is Cc1ccc(NC(=O)C(O)C2CCCC2)cc1. The summed E-state index contributed by atoms with van der Waals surface area (Å²) in [6, 6.07) is 7.60. The molecule has 1 fully saturated rings. The van der Waals surface area contributed by atoms with Gasteiger partial charge in [0.05, 0.1) is 0 Å². The van der Waals surface area contributed by atoms with Crippen LogP contribution in [0.2, 0.25) is 0 Å². The van der Waals surface area contributed by atoms with Crippen molar-refractivity contribution in [2.45, 2.75) is 38.7 Å². The van der Waals surface area contributed by atoms with Gasteiger partial charge in [0.25, 0.3) is 5.91 Å². The normalized spacial score (nSPS) is 18.0. The average Bonchev–Trinajstić information content (AvgIpc) is 2.84. The molecule has 0 aliphatic heterocycles. The fraction of sp³-hybridized carbons (Fsp3) is 0.500. The average molecular weight is 233 g/mol. The summed E-state index contributed by atoms with van der Waals surface area (Å²) in [5.41, 5.74) is 1.90. The van der Waals surface area contributed by atoms with E-state index in [9.17, 15) is 9.90 Å². The summed E-state index contributed by atoms with van der Waals surface area (Å²) < 4.78 is 0. The molecule has 1 amide bonds. The Hall–Kier alpha value is -1.35. The molecule has 1 aliphatic carbocycles. The zero-order valence-corrected chi connectivity index (χ0v) is 10.1. The molecule has 1 atom stereocenters. The van der Waals surface area contributed by atoms with E-state index >= 15 is 0 Å². The van der Waals surface area contributed by atoms with Crippen molar-refractivity contribution in [3.05, 3.63) is 29.8 Å². The van der Waals surface area contributed by atoms with Crippen molar-refractivity contribution >= 4 is 11.6 Å². The number of aliphatic hydroxyl groups excluding tert-OH is 1. The van der Waals surface area contributed by atoms with E-state index in [2.05, 4.69) is 5.32 Å². The predicted octanol–water partition coefficient (Wildman–Crippen LogP) is 2.48. The van der Waals surface area contributed by atoms with Crippen molar-refractivity contribution in [3.63, 3.8) is 0 Å². The van der Waals surface area contributed by atoms with Crippen molar-refractivity contribution < 1.29 is 9.90 Å². The Bertz CT molecular complexity index is 380. The lowest BCUT2D eigenvalue weighted by Gasteiger charge is -2.17. The molecule has 1 aliphatic rings. The quantitative estimate of drug-likeness (QED) is 0.842. The summed E-state index contributed by atoms with van der Waals surface area (Å²) in [5, 5.41) is 12.7. The van der Waals surface area contributed by atoms with Gasteiger partial charge in [0.2, 0.25) is 0 Å². The Morgan fingerprint density at radius 2 is 1.88 bits per heavy atom. The van der Waals surface area contributed by atoms with Crippen molar-refractivity contribution in [3.8, 4) is 0 Å². The van der Waals surface area contributed by atoms with Crippen molar-refractivity contribution in [1.29, 1.82) is 0 Å². The lowest BCUT2D eigenvalue weighted by Crippen LogP contribution is -2.33. The number of amides is 1. The number of aliphatic hydroxyl groups is 1. The van der Waals surface area contributed by atoms with Crippen LogP contribution < -0.4 is 5.32 Å². The van der Waals surface area contributed by atoms with Gasteiger partial charge in [0.1, 0.15) is 6.10 Å². The van der Waals surface area contributed by atoms with Crippen LogP contribution in [0.15, 0.2) is 24.3 Å². The summed E-state index contributed by atoms with van der Waals surface area (Å²) in [6.45, 7) is 2.00. The highest BCUT2D eigenvalue weighted by Gasteiger charge is 2.28. The minimum absolute atomic E-state index is 0.139. The molecule has 0 aromatic heterocycles. The van der Waals surface area contributed by atoms with Gasteiger partial charge in [-0.3, -0.25) is 4.79 Å². The van der Waals surface area contributed by atoms with Gasteiger partial charge in [0.15, 0.2) is 0 Å². The summed E-state index contributed by atoms with van der Waals surface area (Å²) in [7, 11) is 0. The summed E-state index contributed by atoms with van der Waals surface area (Å²) in [6.07, 6.45) is 3.31. The fourth-order valence-electron chi connectivity index (χ4n) is 2.34. The van der Waals surface area contributed by atoms with Gasteiger partial charge in [-0.25, -0.2) is 0 Å². The minimum Gasteiger partial charge on any atom is -0.383 e. The molecule has 17 heavy (non-hydrogen) atoms. The summed E-state index contributed by atoms with van der Waals surface area (Å²) in [5.74, 6) is -0.138. The second kappa shape index (κ2) is 5.32. The third kappa shape index (κ3) is 3.07. The highest BCUT2D eigenvalue weighted by atomic mass is 16.3. The molecule has 92 valence electrons. The van der Waals surface area contributed by atoms with Crippen LogP contribution in [0, 0.1) is 12.8 Å². The number of benzene rings is 1. The van der Waals surface area contributed by atoms with Crippen LogP contribution in [0.1, 0.15) is 31.2 Å². The Morgan fingerprint density at radius 1 is 1.29 bits per heavy atom. The Labute approximate surface area is 102 Å². The van der Waals surface area contributed by atoms with Gasteiger partial charge in [-0.1, -0.05) is 30.5 Å². The first-order valence-corrected chi connectivity index (χ1v) is 6.22. The van der Waals surface area contributed by atoms with E-state index in [0.717, 1.165) is 36.9 Å². The summed E-state index contributed by atoms with van der Waals surface area (Å²) in [4.78, 5) is 11.8. The van der Waals surface area contributed by atoms with E-state index < -0.39 is 6.10 Å². The maximum Gasteiger partial charge on any atom is 0.253 e. The van der Waals surface area contributed by atoms with Gasteiger partial charge in [-0.15, -0.1) is 0 Å². The number of aryl methyl sites for hydroxylation is 1. The molecule has 3 heteroatoms. The molecule has 0 heterocycles. The smallest absolute Gasteiger partial charge is 0.253 e. The first-order valence-electron chi connectivity index (χ1n) is 6.22. The molecule has 0 bridgehead atoms. The number of anilines is 1. The zero-order chi connectivity index (χ0) is 12.3. The summed E-state index contributed by atoms with van der Waals surface area (Å²) >= 11 is 0. The number of carbonyl (C=O) groups excluding carboxylic acids is 1. The molecule has 2 N–H and O–H groups in total. The van der Waals surface area contributed by atoms with Crippen LogP contribution in [-0.4, -0.2) is 17.1 Å². The fourth-order valence-corrected chi connectivity index (χ4v) is 2.34. The first kappa shape index (κ1) is 12.1. The van der Waals surface area contributed by atoms with Crippen molar-refractivity contribution in [2.24, 2.45) is 5.92 Å². The van der Waals surface area contributed by atoms with Gasteiger partial charge in [0, 0.05) is 5.69 Å². The second-order valence-corrected chi connectivity index (χ2v) is 4.84. The van der Waals surface area contributed by atoms with E-state index in [-0.39, 0.29) is 11.8 Å². The van der Waals surface area contributed by atoms with Crippen molar-refractivity contribution in [2.75, 3.05) is 5.32 Å². The standard InChI is InChI=1S/C14H19NO2/c1-10-6-8-12(9-7-10)15-14(17)13(16)11-4-2-3-5-11/h6-9,11,13,16H,2-5H2,1H3,(H,15,17). The van der Waals surface area contributed by atoms with E-state index in [4.69, 9.17) is 0 Å². The van der Waals surface area contributed by atoms with E-state index in [1.807, 2.05) is 31.2 Å². The highest BCUT2D eigenvalue weighted by molar-refractivity contribution is 5.94. The van der Waals surface area contributed by atoms with Crippen LogP contribution in [-0.2, 0) is 4.79 Å². The maximum absolute atomic E-state index is 11.8. The molecule has 1 saturated carbocycles. The van der Waals surface area contributed by atoms with Crippen LogP contribution in [0.5, 0.6) is 0 Å². The molecular weight excluding hydrogens is 214 g/mol. The van der Waals surface area contributed by atoms with Gasteiger partial charge >= 0.3 is 0 Å². The molecular formula is C14H19NO2. The molecule has 0 saturated heterocycles. The molecule has 2 rings (SSSR count). The van der Waals surface area contributed by atoms with E-state index in [1.54, 1.807) is 0 Å². The Balaban J connectivity index is 1.93. The number of hydrogen-bond donors (Lipinski definition) is 2. The van der Waals surface area contributed by atoms with E-state index in [0.29, 0.717) is 0 Å². The third-order valence-corrected chi connectivity index (χ3v) is 3.43. The molecule has 1 aromatic carbocycles.